The molecular formula is C84H164O17P2. The highest BCUT2D eigenvalue weighted by Gasteiger charge is 2.30. The Morgan fingerprint density at radius 3 is 0.660 bits per heavy atom. The Morgan fingerprint density at radius 2 is 0.447 bits per heavy atom. The van der Waals surface area contributed by atoms with Gasteiger partial charge in [-0.2, -0.15) is 0 Å². The van der Waals surface area contributed by atoms with Crippen molar-refractivity contribution in [2.75, 3.05) is 39.6 Å². The first-order valence-corrected chi connectivity index (χ1v) is 46.5. The summed E-state index contributed by atoms with van der Waals surface area (Å²) >= 11 is 0. The van der Waals surface area contributed by atoms with E-state index in [9.17, 15) is 43.2 Å². The minimum absolute atomic E-state index is 0.107. The molecule has 0 spiro atoms. The lowest BCUT2D eigenvalue weighted by atomic mass is 10.0. The van der Waals surface area contributed by atoms with Crippen molar-refractivity contribution >= 4 is 39.5 Å². The first-order valence-electron chi connectivity index (χ1n) is 43.5. The normalized spacial score (nSPS) is 13.9. The molecule has 0 aliphatic rings. The van der Waals surface area contributed by atoms with Crippen LogP contribution in [0.5, 0.6) is 0 Å². The first kappa shape index (κ1) is 101. The number of rotatable bonds is 83. The Balaban J connectivity index is 5.24. The highest BCUT2D eigenvalue weighted by Crippen LogP contribution is 2.45. The van der Waals surface area contributed by atoms with Gasteiger partial charge in [-0.1, -0.05) is 395 Å². The summed E-state index contributed by atoms with van der Waals surface area (Å²) in [4.78, 5) is 73.2. The number of phosphoric acid groups is 2. The fourth-order valence-corrected chi connectivity index (χ4v) is 14.6. The van der Waals surface area contributed by atoms with Gasteiger partial charge in [-0.15, -0.1) is 0 Å². The third-order valence-electron chi connectivity index (χ3n) is 19.7. The van der Waals surface area contributed by atoms with Crippen LogP contribution in [-0.2, 0) is 65.4 Å². The highest BCUT2D eigenvalue weighted by molar-refractivity contribution is 7.47. The summed E-state index contributed by atoms with van der Waals surface area (Å²) in [5.41, 5.74) is 0. The van der Waals surface area contributed by atoms with Gasteiger partial charge in [-0.05, 0) is 37.5 Å². The zero-order valence-corrected chi connectivity index (χ0v) is 69.4. The molecule has 0 aliphatic heterocycles. The van der Waals surface area contributed by atoms with E-state index >= 15 is 0 Å². The Labute approximate surface area is 632 Å². The molecule has 17 nitrogen and oxygen atoms in total. The zero-order chi connectivity index (χ0) is 75.6. The van der Waals surface area contributed by atoms with Gasteiger partial charge in [0, 0.05) is 25.7 Å². The largest absolute Gasteiger partial charge is 0.472 e. The van der Waals surface area contributed by atoms with Crippen LogP contribution in [0.25, 0.3) is 0 Å². The molecule has 0 fully saturated rings. The van der Waals surface area contributed by atoms with Gasteiger partial charge in [0.2, 0.25) is 0 Å². The van der Waals surface area contributed by atoms with Crippen molar-refractivity contribution in [1.82, 2.24) is 0 Å². The Morgan fingerprint density at radius 1 is 0.262 bits per heavy atom. The number of esters is 4. The van der Waals surface area contributed by atoms with E-state index in [-0.39, 0.29) is 25.7 Å². The van der Waals surface area contributed by atoms with E-state index in [1.54, 1.807) is 0 Å². The summed E-state index contributed by atoms with van der Waals surface area (Å²) in [5, 5.41) is 10.7. The van der Waals surface area contributed by atoms with Crippen molar-refractivity contribution in [2.24, 2.45) is 11.8 Å². The van der Waals surface area contributed by atoms with Gasteiger partial charge in [-0.25, -0.2) is 9.13 Å². The maximum Gasteiger partial charge on any atom is 0.472 e. The van der Waals surface area contributed by atoms with Crippen LogP contribution in [-0.4, -0.2) is 96.7 Å². The van der Waals surface area contributed by atoms with E-state index < -0.39 is 97.5 Å². The fraction of sp³-hybridized carbons (Fsp3) is 0.952. The lowest BCUT2D eigenvalue weighted by Crippen LogP contribution is -2.30. The lowest BCUT2D eigenvalue weighted by Gasteiger charge is -2.21. The standard InChI is InChI=1S/C84H164O17P2/c1-7-9-11-13-15-17-19-21-22-23-24-25-29-32-36-43-49-55-61-67-82(87)95-72-79(100-83(88)68-62-56-50-44-37-33-30-27-26-28-31-34-40-46-52-58-64-76(3)4)74-98-102(90,91)96-70-78(85)71-97-103(92,93)99-75-80(73-94-81(86)66-60-54-48-42-35-20-18-16-14-12-10-8-2)101-84(89)69-63-57-51-45-39-38-41-47-53-59-65-77(5)6/h76-80,85H,7-75H2,1-6H3,(H,90,91)(H,92,93)/t78-,79-,80-/m1/s1. The molecule has 19 heteroatoms. The summed E-state index contributed by atoms with van der Waals surface area (Å²) in [6.45, 7) is 9.68. The van der Waals surface area contributed by atoms with Crippen molar-refractivity contribution in [3.63, 3.8) is 0 Å². The SMILES string of the molecule is CCCCCCCCCCCCCCCCCCCCCC(=O)OC[C@H](COP(=O)(O)OC[C@@H](O)COP(=O)(O)OC[C@@H](COC(=O)CCCCCCCCCCCCCC)OC(=O)CCCCCCCCCCCCC(C)C)OC(=O)CCCCCCCCCCCCCCCCCCC(C)C. The minimum Gasteiger partial charge on any atom is -0.462 e. The molecule has 0 aromatic heterocycles. The van der Waals surface area contributed by atoms with Crippen LogP contribution in [0.4, 0.5) is 0 Å². The summed E-state index contributed by atoms with van der Waals surface area (Å²) in [7, 11) is -9.92. The smallest absolute Gasteiger partial charge is 0.462 e. The second-order valence-corrected chi connectivity index (χ2v) is 34.1. The molecule has 5 atom stereocenters. The van der Waals surface area contributed by atoms with Crippen LogP contribution < -0.4 is 0 Å². The molecule has 0 radical (unpaired) electrons. The Bertz CT molecular complexity index is 1980. The van der Waals surface area contributed by atoms with Crippen molar-refractivity contribution in [2.45, 2.75) is 464 Å². The Kier molecular flexibility index (Phi) is 74.1. The molecule has 0 saturated heterocycles. The third-order valence-corrected chi connectivity index (χ3v) is 21.6. The summed E-state index contributed by atoms with van der Waals surface area (Å²) in [6, 6.07) is 0. The average molecular weight is 1510 g/mol. The van der Waals surface area contributed by atoms with Crippen LogP contribution in [0.1, 0.15) is 446 Å². The molecule has 0 rings (SSSR count). The van der Waals surface area contributed by atoms with E-state index in [0.717, 1.165) is 102 Å². The molecule has 103 heavy (non-hydrogen) atoms. The topological polar surface area (TPSA) is 237 Å². The summed E-state index contributed by atoms with van der Waals surface area (Å²) < 4.78 is 68.8. The highest BCUT2D eigenvalue weighted by atomic mass is 31.2. The predicted octanol–water partition coefficient (Wildman–Crippen LogP) is 25.5. The van der Waals surface area contributed by atoms with Gasteiger partial charge in [0.15, 0.2) is 12.2 Å². The predicted molar refractivity (Wildman–Crippen MR) is 423 cm³/mol. The van der Waals surface area contributed by atoms with E-state index in [2.05, 4.69) is 41.5 Å². The van der Waals surface area contributed by atoms with Gasteiger partial charge >= 0.3 is 39.5 Å². The van der Waals surface area contributed by atoms with Crippen molar-refractivity contribution in [1.29, 1.82) is 0 Å². The van der Waals surface area contributed by atoms with Crippen molar-refractivity contribution in [3.05, 3.63) is 0 Å². The number of hydrogen-bond acceptors (Lipinski definition) is 15. The maximum absolute atomic E-state index is 13.1. The van der Waals surface area contributed by atoms with E-state index in [1.807, 2.05) is 0 Å². The molecule has 0 saturated carbocycles. The molecule has 3 N–H and O–H groups in total. The van der Waals surface area contributed by atoms with Gasteiger partial charge in [0.05, 0.1) is 26.4 Å². The van der Waals surface area contributed by atoms with Crippen molar-refractivity contribution in [3.8, 4) is 0 Å². The fourth-order valence-electron chi connectivity index (χ4n) is 13.1. The lowest BCUT2D eigenvalue weighted by molar-refractivity contribution is -0.161. The van der Waals surface area contributed by atoms with Gasteiger partial charge in [0.1, 0.15) is 19.3 Å². The van der Waals surface area contributed by atoms with Crippen molar-refractivity contribution < 1.29 is 80.2 Å². The van der Waals surface area contributed by atoms with Crippen LogP contribution >= 0.6 is 15.6 Å². The third kappa shape index (κ3) is 78.0. The number of aliphatic hydroxyl groups excluding tert-OH is 1. The van der Waals surface area contributed by atoms with Gasteiger partial charge in [-0.3, -0.25) is 37.3 Å². The maximum atomic E-state index is 13.1. The van der Waals surface area contributed by atoms with Crippen LogP contribution in [0.3, 0.4) is 0 Å². The zero-order valence-electron chi connectivity index (χ0n) is 67.6. The Hall–Kier alpha value is -1.94. The molecule has 0 aliphatic carbocycles. The number of phosphoric ester groups is 2. The molecule has 612 valence electrons. The molecule has 0 bridgehead atoms. The number of aliphatic hydroxyl groups is 1. The molecule has 0 amide bonds. The van der Waals surface area contributed by atoms with Crippen LogP contribution in [0.2, 0.25) is 0 Å². The summed E-state index contributed by atoms with van der Waals surface area (Å²) in [5.74, 6) is -0.542. The average Bonchev–Trinajstić information content (AvgIpc) is 0.924. The van der Waals surface area contributed by atoms with E-state index in [1.165, 1.54) is 263 Å². The van der Waals surface area contributed by atoms with Crippen LogP contribution in [0, 0.1) is 11.8 Å². The molecular weight excluding hydrogens is 1340 g/mol. The molecule has 0 heterocycles. The number of unbranched alkanes of at least 4 members (excludes halogenated alkanes) is 53. The number of hydrogen-bond donors (Lipinski definition) is 3. The summed E-state index contributed by atoms with van der Waals surface area (Å²) in [6.07, 6.45) is 66.6. The minimum atomic E-state index is -4.96. The monoisotopic (exact) mass is 1510 g/mol. The molecule has 0 aromatic carbocycles. The quantitative estimate of drug-likeness (QED) is 0.0222. The number of carbonyl (C=O) groups excluding carboxylic acids is 4. The van der Waals surface area contributed by atoms with E-state index in [0.29, 0.717) is 25.7 Å². The first-order chi connectivity index (χ1) is 49.9. The second kappa shape index (κ2) is 75.5. The van der Waals surface area contributed by atoms with Gasteiger partial charge in [0.25, 0.3) is 0 Å². The van der Waals surface area contributed by atoms with Crippen LogP contribution in [0.15, 0.2) is 0 Å². The number of ether oxygens (including phenoxy) is 4. The van der Waals surface area contributed by atoms with Gasteiger partial charge < -0.3 is 33.8 Å². The molecule has 0 aromatic rings. The molecule has 2 unspecified atom stereocenters. The van der Waals surface area contributed by atoms with E-state index in [4.69, 9.17) is 37.0 Å². The number of carbonyl (C=O) groups is 4. The second-order valence-electron chi connectivity index (χ2n) is 31.2.